The minimum absolute atomic E-state index is 0.0195. The summed E-state index contributed by atoms with van der Waals surface area (Å²) in [6.45, 7) is -0.909. The van der Waals surface area contributed by atoms with Crippen molar-refractivity contribution in [1.82, 2.24) is 100 Å². The van der Waals surface area contributed by atoms with Crippen LogP contribution in [0.15, 0.2) is 43.0 Å². The standard InChI is InChI=1S/C66H106N28O19S2/c1-32(84-53(102)36(68)28-95)52(101)93-47(30-115)62(111)92-45(23-51(99)100)61(110)90-43(21-33-24-80-37-10-3-2-9-35(33)37)59(108)87-39(12-6-18-77-64(70)71)55(104)86-38(11-4-5-17-67)57(106)91-44(22-34-25-76-31-83-34)60(109)88-40(13-7-19-78-65(72)73)56(105)89-41(15-16-48(69)96)58(107)94-46(29-114)54(103)82-26-49(97)81-27-50(98)85-42(63(112)113)14-8-20-79-66(74)75/h2-3,9-10,24-25,31-32,36,38-47,80,95,114-115H,4-8,11-23,26-30,67-68H2,1H3,(H2,69,96)(H,76,83)(H,81,97)(H,82,103)(H,84,102)(H,85,98)(H,86,104)(H,87,108)(H,88,109)(H,89,105)(H,90,110)(H,91,106)(H,92,111)(H,93,101)(H,94,107)(H,99,100)(H,112,113)(H4,70,71,77)(H4,72,73,78)(H4,74,75,79)/t32-,36-,38-,39-,40-,41-,42-,43-,44-,45-,46-,47-/m0/s1. The second-order valence-corrected chi connectivity index (χ2v) is 26.8. The molecule has 0 unspecified atom stereocenters. The number of carboxylic acids is 2. The first kappa shape index (κ1) is 97.1. The molecule has 0 bridgehead atoms. The summed E-state index contributed by atoms with van der Waals surface area (Å²) < 4.78 is 0. The smallest absolute Gasteiger partial charge is 0.326 e. The molecule has 115 heavy (non-hydrogen) atoms. The molecule has 1 aromatic carbocycles. The van der Waals surface area contributed by atoms with Gasteiger partial charge in [0.05, 0.1) is 38.1 Å². The molecule has 2 heterocycles. The number of hydrogen-bond acceptors (Lipinski definition) is 25. The molecule has 0 fully saturated rings. The van der Waals surface area contributed by atoms with Crippen LogP contribution in [0.4, 0.5) is 0 Å². The van der Waals surface area contributed by atoms with Crippen molar-refractivity contribution in [3.63, 3.8) is 0 Å². The molecule has 0 saturated carbocycles. The Morgan fingerprint density at radius 1 is 0.478 bits per heavy atom. The Labute approximate surface area is 669 Å². The number of aliphatic carboxylic acids is 2. The summed E-state index contributed by atoms with van der Waals surface area (Å²) in [7, 11) is 0. The number of thiol groups is 2. The van der Waals surface area contributed by atoms with E-state index in [0.29, 0.717) is 16.5 Å². The topological polar surface area (TPSA) is 798 Å². The maximum absolute atomic E-state index is 15.0. The predicted octanol–water partition coefficient (Wildman–Crippen LogP) is -10.8. The van der Waals surface area contributed by atoms with E-state index in [-0.39, 0.29) is 102 Å². The Morgan fingerprint density at radius 2 is 0.913 bits per heavy atom. The van der Waals surface area contributed by atoms with Gasteiger partial charge < -0.3 is 145 Å². The first-order valence-corrected chi connectivity index (χ1v) is 37.4. The minimum Gasteiger partial charge on any atom is -0.481 e. The molecule has 3 rings (SSSR count). The third kappa shape index (κ3) is 36.9. The van der Waals surface area contributed by atoms with Crippen molar-refractivity contribution < 1.29 is 92.0 Å². The Bertz CT molecular complexity index is 3850. The number of aliphatic hydroxyl groups is 1. The van der Waals surface area contributed by atoms with Crippen molar-refractivity contribution in [2.75, 3.05) is 57.4 Å². The number of aromatic nitrogens is 3. The summed E-state index contributed by atoms with van der Waals surface area (Å²) in [5, 5.41) is 90.8. The van der Waals surface area contributed by atoms with Crippen molar-refractivity contribution >= 4 is 149 Å². The molecule has 2 aromatic heterocycles. The van der Waals surface area contributed by atoms with Crippen LogP contribution in [0.3, 0.4) is 0 Å². The van der Waals surface area contributed by atoms with E-state index in [0.717, 1.165) is 0 Å². The maximum Gasteiger partial charge on any atom is 0.326 e. The first-order chi connectivity index (χ1) is 54.5. The van der Waals surface area contributed by atoms with Crippen LogP contribution in [-0.4, -0.2) is 273 Å². The van der Waals surface area contributed by atoms with Crippen molar-refractivity contribution in [1.29, 1.82) is 16.2 Å². The molecule has 47 nitrogen and oxygen atoms in total. The number of nitrogens with zero attached hydrogens (tertiary/aromatic N) is 1. The highest BCUT2D eigenvalue weighted by molar-refractivity contribution is 7.80. The third-order valence-electron chi connectivity index (χ3n) is 16.9. The number of hydrogen-bond donors (Lipinski definition) is 32. The van der Waals surface area contributed by atoms with Crippen molar-refractivity contribution in [2.45, 2.75) is 169 Å². The Hall–Kier alpha value is -12.1. The van der Waals surface area contributed by atoms with Crippen molar-refractivity contribution in [3.05, 3.63) is 54.2 Å². The molecule has 0 radical (unpaired) electrons. The second-order valence-electron chi connectivity index (χ2n) is 26.1. The third-order valence-corrected chi connectivity index (χ3v) is 17.6. The van der Waals surface area contributed by atoms with Gasteiger partial charge in [0.1, 0.15) is 72.5 Å². The van der Waals surface area contributed by atoms with Gasteiger partial charge >= 0.3 is 11.9 Å². The summed E-state index contributed by atoms with van der Waals surface area (Å²) in [6, 6.07) is -12.4. The number of amides is 14. The van der Waals surface area contributed by atoms with Gasteiger partial charge in [-0.3, -0.25) is 88.1 Å². The monoisotopic (exact) mass is 1660 g/mol. The molecule has 49 heteroatoms. The molecule has 14 amide bonds. The molecule has 0 spiro atoms. The fourth-order valence-electron chi connectivity index (χ4n) is 10.7. The summed E-state index contributed by atoms with van der Waals surface area (Å²) >= 11 is 8.28. The molecule has 0 aliphatic carbocycles. The number of nitrogens with two attached hydrogens (primary N) is 6. The molecule has 12 atom stereocenters. The Kier molecular flexibility index (Phi) is 43.5. The summed E-state index contributed by atoms with van der Waals surface area (Å²) in [5.41, 5.74) is 34.3. The van der Waals surface area contributed by atoms with Crippen LogP contribution < -0.4 is 119 Å². The number of carboxylic acid groups (broad SMARTS) is 2. The number of benzene rings is 1. The second kappa shape index (κ2) is 51.5. The number of para-hydroxylation sites is 1. The van der Waals surface area contributed by atoms with Crippen LogP contribution >= 0.6 is 25.3 Å². The average Bonchev–Trinajstić information content (AvgIpc) is 1.69. The molecular formula is C66H106N28O19S2. The Balaban J connectivity index is 2.00. The van der Waals surface area contributed by atoms with Crippen LogP contribution in [0, 0.1) is 16.2 Å². The zero-order valence-electron chi connectivity index (χ0n) is 62.9. The van der Waals surface area contributed by atoms with E-state index in [9.17, 15) is 92.0 Å². The van der Waals surface area contributed by atoms with Gasteiger partial charge in [0.25, 0.3) is 0 Å². The van der Waals surface area contributed by atoms with Crippen LogP contribution in [-0.2, 0) is 89.6 Å². The first-order valence-electron chi connectivity index (χ1n) is 36.2. The van der Waals surface area contributed by atoms with Crippen molar-refractivity contribution in [3.8, 4) is 0 Å². The van der Waals surface area contributed by atoms with E-state index in [2.05, 4.69) is 125 Å². The molecular weight excluding hydrogens is 1550 g/mol. The van der Waals surface area contributed by atoms with Gasteiger partial charge in [0, 0.05) is 73.7 Å². The summed E-state index contributed by atoms with van der Waals surface area (Å²) in [5.74, 6) is -19.6. The highest BCUT2D eigenvalue weighted by Gasteiger charge is 2.38. The molecule has 636 valence electrons. The number of guanidine groups is 3. The molecule has 36 N–H and O–H groups in total. The summed E-state index contributed by atoms with van der Waals surface area (Å²) in [6.07, 6.45) is 0.992. The lowest BCUT2D eigenvalue weighted by Gasteiger charge is -2.28. The fraction of sp³-hybridized carbons (Fsp3) is 0.545. The van der Waals surface area contributed by atoms with Crippen LogP contribution in [0.5, 0.6) is 0 Å². The van der Waals surface area contributed by atoms with Gasteiger partial charge in [-0.05, 0) is 89.3 Å². The van der Waals surface area contributed by atoms with Crippen LogP contribution in [0.1, 0.15) is 95.2 Å². The fourth-order valence-corrected chi connectivity index (χ4v) is 11.3. The highest BCUT2D eigenvalue weighted by atomic mass is 32.1. The quantitative estimate of drug-likeness (QED) is 0.0108. The van der Waals surface area contributed by atoms with E-state index >= 15 is 0 Å². The zero-order chi connectivity index (χ0) is 85.9. The number of nitrogens with one attached hydrogen (secondary N) is 21. The molecule has 0 saturated heterocycles. The lowest BCUT2D eigenvalue weighted by atomic mass is 10.0. The maximum atomic E-state index is 15.0. The van der Waals surface area contributed by atoms with Gasteiger partial charge in [-0.2, -0.15) is 25.3 Å². The highest BCUT2D eigenvalue weighted by Crippen LogP contribution is 2.20. The van der Waals surface area contributed by atoms with E-state index in [1.54, 1.807) is 24.3 Å². The number of rotatable bonds is 55. The lowest BCUT2D eigenvalue weighted by molar-refractivity contribution is -0.142. The zero-order valence-corrected chi connectivity index (χ0v) is 64.7. The van der Waals surface area contributed by atoms with E-state index in [1.165, 1.54) is 25.6 Å². The largest absolute Gasteiger partial charge is 0.481 e. The number of imidazole rings is 1. The van der Waals surface area contributed by atoms with E-state index in [4.69, 9.17) is 50.6 Å². The molecule has 0 aliphatic heterocycles. The number of carbonyl (C=O) groups excluding carboxylic acids is 14. The number of aliphatic hydroxyl groups excluding tert-OH is 1. The minimum atomic E-state index is -1.98. The lowest BCUT2D eigenvalue weighted by Crippen LogP contribution is -2.61. The average molecular weight is 1660 g/mol. The Morgan fingerprint density at radius 3 is 1.39 bits per heavy atom. The van der Waals surface area contributed by atoms with Gasteiger partial charge in [-0.25, -0.2) is 9.78 Å². The normalized spacial score (nSPS) is 14.0. The number of aromatic amines is 2. The van der Waals surface area contributed by atoms with Crippen LogP contribution in [0.25, 0.3) is 10.9 Å². The summed E-state index contributed by atoms with van der Waals surface area (Å²) in [4.78, 5) is 227. The van der Waals surface area contributed by atoms with Gasteiger partial charge in [-0.15, -0.1) is 0 Å². The number of unbranched alkanes of at least 4 members (excludes halogenated alkanes) is 1. The number of primary amides is 1. The SMILES string of the molecule is C[C@H](NC(=O)[C@@H](N)CO)C(=O)N[C@@H](CS)C(=O)N[C@@H](CC(=O)O)C(=O)N[C@@H](Cc1c[nH]c2ccccc12)C(=O)N[C@@H](CCCNC(=N)N)C(=O)N[C@@H](CCCCN)C(=O)N[C@@H](Cc1c[nH]cn1)C(=O)N[C@@H](CCCNC(=N)N)C(=O)N[C@@H](CCC(N)=O)C(=O)N[C@@H](CS)C(=O)NCC(=O)NCC(=O)N[C@@H](CCCNC(=N)N)C(=O)O. The van der Waals surface area contributed by atoms with Gasteiger partial charge in [-0.1, -0.05) is 18.2 Å². The van der Waals surface area contributed by atoms with Gasteiger partial charge in [0.15, 0.2) is 17.9 Å². The molecule has 0 aliphatic rings. The van der Waals surface area contributed by atoms with Gasteiger partial charge in [0.2, 0.25) is 82.7 Å². The van der Waals surface area contributed by atoms with Crippen LogP contribution in [0.2, 0.25) is 0 Å². The number of carbonyl (C=O) groups is 16. The molecule has 3 aromatic rings. The number of H-pyrrole nitrogens is 2. The van der Waals surface area contributed by atoms with E-state index in [1.807, 2.05) is 0 Å². The number of fused-ring (bicyclic) bond motifs is 1. The van der Waals surface area contributed by atoms with E-state index < -0.39 is 236 Å². The van der Waals surface area contributed by atoms with Crippen molar-refractivity contribution in [2.24, 2.45) is 34.4 Å². The predicted molar refractivity (Wildman–Crippen MR) is 419 cm³/mol.